The van der Waals surface area contributed by atoms with Gasteiger partial charge < -0.3 is 14.5 Å². The number of oxime groups is 1. The van der Waals surface area contributed by atoms with Gasteiger partial charge in [0.25, 0.3) is 0 Å². The van der Waals surface area contributed by atoms with E-state index in [1.807, 2.05) is 38.1 Å². The number of amides is 1. The quantitative estimate of drug-likeness (QED) is 0.635. The number of rotatable bonds is 8. The van der Waals surface area contributed by atoms with Crippen molar-refractivity contribution in [2.24, 2.45) is 11.1 Å². The van der Waals surface area contributed by atoms with Crippen LogP contribution in [0.2, 0.25) is 0 Å². The van der Waals surface area contributed by atoms with E-state index < -0.39 is 11.6 Å². The highest BCUT2D eigenvalue weighted by atomic mass is 19.1. The molecule has 0 aromatic heterocycles. The molecule has 0 N–H and O–H groups in total. The second-order valence-electron chi connectivity index (χ2n) is 7.81. The summed E-state index contributed by atoms with van der Waals surface area (Å²) in [6.45, 7) is 4.22. The van der Waals surface area contributed by atoms with Gasteiger partial charge in [0.15, 0.2) is 6.10 Å². The molecule has 1 aliphatic heterocycles. The van der Waals surface area contributed by atoms with Crippen molar-refractivity contribution in [3.05, 3.63) is 65.2 Å². The maximum Gasteiger partial charge on any atom is 0.223 e. The number of carbonyl (C=O) groups excluding carboxylic acids is 1. The van der Waals surface area contributed by atoms with Gasteiger partial charge in [-0.05, 0) is 41.8 Å². The molecule has 1 unspecified atom stereocenters. The molecule has 0 spiro atoms. The number of ether oxygens (including phenoxy) is 1. The lowest BCUT2D eigenvalue weighted by molar-refractivity contribution is -0.134. The molecule has 2 aromatic rings. The van der Waals surface area contributed by atoms with Crippen molar-refractivity contribution in [2.45, 2.75) is 39.3 Å². The molecule has 5 nitrogen and oxygen atoms in total. The Kier molecular flexibility index (Phi) is 7.03. The van der Waals surface area contributed by atoms with Crippen LogP contribution in [-0.2, 0) is 16.2 Å². The first kappa shape index (κ1) is 21.7. The zero-order valence-corrected chi connectivity index (χ0v) is 17.4. The molecule has 1 heterocycles. The first-order valence-electron chi connectivity index (χ1n) is 9.94. The number of benzene rings is 2. The summed E-state index contributed by atoms with van der Waals surface area (Å²) in [4.78, 5) is 19.9. The summed E-state index contributed by atoms with van der Waals surface area (Å²) >= 11 is 0. The Bertz CT molecular complexity index is 913. The minimum atomic E-state index is -0.667. The van der Waals surface area contributed by atoms with Gasteiger partial charge in [-0.1, -0.05) is 25.1 Å². The number of carbonyl (C=O) groups is 1. The number of halogens is 2. The molecule has 1 atom stereocenters. The maximum absolute atomic E-state index is 14.2. The molecule has 0 bridgehead atoms. The Balaban J connectivity index is 1.69. The van der Waals surface area contributed by atoms with E-state index in [0.29, 0.717) is 12.8 Å². The van der Waals surface area contributed by atoms with Crippen LogP contribution in [0.3, 0.4) is 0 Å². The Hall–Kier alpha value is -2.96. The van der Waals surface area contributed by atoms with E-state index in [0.717, 1.165) is 23.1 Å². The van der Waals surface area contributed by atoms with Gasteiger partial charge >= 0.3 is 0 Å². The van der Waals surface area contributed by atoms with Crippen molar-refractivity contribution in [2.75, 3.05) is 13.7 Å². The van der Waals surface area contributed by atoms with E-state index in [2.05, 4.69) is 5.16 Å². The summed E-state index contributed by atoms with van der Waals surface area (Å²) in [6, 6.07) is 10.9. The van der Waals surface area contributed by atoms with Crippen LogP contribution in [0, 0.1) is 17.6 Å². The van der Waals surface area contributed by atoms with Gasteiger partial charge in [-0.15, -0.1) is 0 Å². The van der Waals surface area contributed by atoms with Crippen molar-refractivity contribution in [3.63, 3.8) is 0 Å². The first-order valence-corrected chi connectivity index (χ1v) is 9.94. The van der Waals surface area contributed by atoms with Gasteiger partial charge in [0.1, 0.15) is 17.4 Å². The fourth-order valence-electron chi connectivity index (χ4n) is 3.31. The molecule has 2 aromatic carbocycles. The summed E-state index contributed by atoms with van der Waals surface area (Å²) in [5.41, 5.74) is 1.97. The summed E-state index contributed by atoms with van der Waals surface area (Å²) in [5, 5.41) is 4.17. The van der Waals surface area contributed by atoms with Crippen LogP contribution in [0.1, 0.15) is 37.8 Å². The van der Waals surface area contributed by atoms with Crippen LogP contribution in [0.25, 0.3) is 0 Å². The standard InChI is InChI=1S/C23H26F2N2O3/c1-15(2)10-23(28)27(13-17-4-7-18(24)11-21(17)25)14-20-12-22(26-30-20)16-5-8-19(29-3)9-6-16/h4-9,11,15,20H,10,12-14H2,1-3H3. The van der Waals surface area contributed by atoms with E-state index >= 15 is 0 Å². The van der Waals surface area contributed by atoms with Crippen LogP contribution < -0.4 is 4.74 Å². The van der Waals surface area contributed by atoms with Crippen molar-refractivity contribution in [1.29, 1.82) is 0 Å². The number of hydrogen-bond acceptors (Lipinski definition) is 4. The van der Waals surface area contributed by atoms with Crippen LogP contribution in [-0.4, -0.2) is 36.3 Å². The Morgan fingerprint density at radius 1 is 1.23 bits per heavy atom. The van der Waals surface area contributed by atoms with Crippen LogP contribution >= 0.6 is 0 Å². The molecule has 30 heavy (non-hydrogen) atoms. The highest BCUT2D eigenvalue weighted by molar-refractivity contribution is 6.01. The Morgan fingerprint density at radius 2 is 1.97 bits per heavy atom. The molecule has 0 saturated carbocycles. The fraction of sp³-hybridized carbons (Fsp3) is 0.391. The molecule has 0 aliphatic carbocycles. The monoisotopic (exact) mass is 416 g/mol. The van der Waals surface area contributed by atoms with E-state index in [9.17, 15) is 13.6 Å². The van der Waals surface area contributed by atoms with Gasteiger partial charge in [-0.3, -0.25) is 4.79 Å². The van der Waals surface area contributed by atoms with E-state index in [1.54, 1.807) is 12.0 Å². The van der Waals surface area contributed by atoms with E-state index in [-0.39, 0.29) is 36.6 Å². The predicted molar refractivity (Wildman–Crippen MR) is 110 cm³/mol. The molecular weight excluding hydrogens is 390 g/mol. The summed E-state index contributed by atoms with van der Waals surface area (Å²) in [6.07, 6.45) is 0.535. The fourth-order valence-corrected chi connectivity index (χ4v) is 3.31. The average molecular weight is 416 g/mol. The lowest BCUT2D eigenvalue weighted by atomic mass is 10.0. The highest BCUT2D eigenvalue weighted by Gasteiger charge is 2.27. The number of nitrogens with zero attached hydrogens (tertiary/aromatic N) is 2. The van der Waals surface area contributed by atoms with Crippen LogP contribution in [0.4, 0.5) is 8.78 Å². The van der Waals surface area contributed by atoms with Crippen molar-refractivity contribution in [3.8, 4) is 5.75 Å². The second kappa shape index (κ2) is 9.69. The Labute approximate surface area is 175 Å². The lowest BCUT2D eigenvalue weighted by Gasteiger charge is -2.26. The second-order valence-corrected chi connectivity index (χ2v) is 7.81. The third-order valence-electron chi connectivity index (χ3n) is 4.89. The number of methoxy groups -OCH3 is 1. The van der Waals surface area contributed by atoms with E-state index in [4.69, 9.17) is 9.57 Å². The summed E-state index contributed by atoms with van der Waals surface area (Å²) in [5.74, 6) is -0.502. The molecule has 7 heteroatoms. The SMILES string of the molecule is COc1ccc(C2=NOC(CN(Cc3ccc(F)cc3F)C(=O)CC(C)C)C2)cc1. The van der Waals surface area contributed by atoms with Crippen LogP contribution in [0.5, 0.6) is 5.75 Å². The van der Waals surface area contributed by atoms with Gasteiger partial charge in [0, 0.05) is 31.0 Å². The Morgan fingerprint density at radius 3 is 2.60 bits per heavy atom. The van der Waals surface area contributed by atoms with Gasteiger partial charge in [-0.2, -0.15) is 0 Å². The van der Waals surface area contributed by atoms with Crippen LogP contribution in [0.15, 0.2) is 47.6 Å². The average Bonchev–Trinajstić information content (AvgIpc) is 3.17. The molecule has 1 aliphatic rings. The molecule has 160 valence electrons. The molecule has 3 rings (SSSR count). The van der Waals surface area contributed by atoms with Crippen molar-refractivity contribution >= 4 is 11.6 Å². The van der Waals surface area contributed by atoms with E-state index in [1.165, 1.54) is 12.1 Å². The first-order chi connectivity index (χ1) is 14.4. The third-order valence-corrected chi connectivity index (χ3v) is 4.89. The molecular formula is C23H26F2N2O3. The molecule has 0 saturated heterocycles. The molecule has 1 amide bonds. The highest BCUT2D eigenvalue weighted by Crippen LogP contribution is 2.22. The third kappa shape index (κ3) is 5.55. The number of hydrogen-bond donors (Lipinski definition) is 0. The van der Waals surface area contributed by atoms with Crippen molar-refractivity contribution in [1.82, 2.24) is 4.90 Å². The minimum absolute atomic E-state index is 0.0510. The lowest BCUT2D eigenvalue weighted by Crippen LogP contribution is -2.38. The zero-order valence-electron chi connectivity index (χ0n) is 17.4. The maximum atomic E-state index is 14.2. The van der Waals surface area contributed by atoms with Gasteiger partial charge in [0.05, 0.1) is 19.4 Å². The predicted octanol–water partition coefficient (Wildman–Crippen LogP) is 4.54. The normalized spacial score (nSPS) is 15.7. The topological polar surface area (TPSA) is 51.1 Å². The zero-order chi connectivity index (χ0) is 21.7. The summed E-state index contributed by atoms with van der Waals surface area (Å²) in [7, 11) is 1.61. The summed E-state index contributed by atoms with van der Waals surface area (Å²) < 4.78 is 32.6. The van der Waals surface area contributed by atoms with Gasteiger partial charge in [-0.25, -0.2) is 8.78 Å². The smallest absolute Gasteiger partial charge is 0.223 e. The molecule has 0 fully saturated rings. The molecule has 0 radical (unpaired) electrons. The largest absolute Gasteiger partial charge is 0.497 e. The minimum Gasteiger partial charge on any atom is -0.497 e. The van der Waals surface area contributed by atoms with Gasteiger partial charge in [0.2, 0.25) is 5.91 Å². The van der Waals surface area contributed by atoms with Crippen molar-refractivity contribution < 1.29 is 23.1 Å².